The largest absolute Gasteiger partial charge is 0.355 e. The van der Waals surface area contributed by atoms with Crippen molar-refractivity contribution in [2.45, 2.75) is 0 Å². The van der Waals surface area contributed by atoms with E-state index in [2.05, 4.69) is 10.3 Å². The highest BCUT2D eigenvalue weighted by Gasteiger charge is 2.16. The van der Waals surface area contributed by atoms with Crippen LogP contribution in [0.25, 0.3) is 49.6 Å². The minimum atomic E-state index is -0.529. The molecular weight excluding hydrogens is 510 g/mol. The number of nitrogens with one attached hydrogen (secondary N) is 2. The molecule has 190 valence electrons. The number of aromatic nitrogens is 2. The Morgan fingerprint density at radius 1 is 0.795 bits per heavy atom. The molecular formula is C32H22ClN3O3. The van der Waals surface area contributed by atoms with Gasteiger partial charge in [-0.15, -0.1) is 0 Å². The first-order valence-corrected chi connectivity index (χ1v) is 12.7. The molecule has 0 fully saturated rings. The van der Waals surface area contributed by atoms with E-state index in [1.807, 2.05) is 66.7 Å². The maximum absolute atomic E-state index is 13.6. The zero-order valence-corrected chi connectivity index (χ0v) is 21.6. The summed E-state index contributed by atoms with van der Waals surface area (Å²) in [6.07, 6.45) is 0. The fourth-order valence-electron chi connectivity index (χ4n) is 5.03. The van der Waals surface area contributed by atoms with E-state index in [9.17, 15) is 14.4 Å². The normalized spacial score (nSPS) is 11.1. The summed E-state index contributed by atoms with van der Waals surface area (Å²) in [5.41, 5.74) is 3.61. The zero-order chi connectivity index (χ0) is 27.1. The van der Waals surface area contributed by atoms with Gasteiger partial charge in [0.2, 0.25) is 0 Å². The lowest BCUT2D eigenvalue weighted by Crippen LogP contribution is -2.33. The quantitative estimate of drug-likeness (QED) is 0.285. The third kappa shape index (κ3) is 4.21. The monoisotopic (exact) mass is 531 g/mol. The highest BCUT2D eigenvalue weighted by molar-refractivity contribution is 6.34. The maximum Gasteiger partial charge on any atom is 0.333 e. The van der Waals surface area contributed by atoms with E-state index >= 15 is 0 Å². The van der Waals surface area contributed by atoms with Gasteiger partial charge in [0.1, 0.15) is 0 Å². The van der Waals surface area contributed by atoms with E-state index in [0.717, 1.165) is 33.0 Å². The van der Waals surface area contributed by atoms with Crippen molar-refractivity contribution in [3.05, 3.63) is 135 Å². The van der Waals surface area contributed by atoms with Crippen LogP contribution in [-0.4, -0.2) is 22.5 Å². The molecule has 0 radical (unpaired) electrons. The Kier molecular flexibility index (Phi) is 6.09. The van der Waals surface area contributed by atoms with Crippen LogP contribution in [0.4, 0.5) is 0 Å². The fourth-order valence-corrected chi connectivity index (χ4v) is 5.31. The Morgan fingerprint density at radius 2 is 1.56 bits per heavy atom. The minimum Gasteiger partial charge on any atom is -0.355 e. The summed E-state index contributed by atoms with van der Waals surface area (Å²) in [5.74, 6) is -0.189. The molecule has 1 aromatic heterocycles. The van der Waals surface area contributed by atoms with E-state index in [-0.39, 0.29) is 5.91 Å². The third-order valence-corrected chi connectivity index (χ3v) is 7.19. The van der Waals surface area contributed by atoms with Gasteiger partial charge in [-0.3, -0.25) is 9.59 Å². The SMILES string of the molecule is CNC(=O)c1cccc(-c2cccc(Cl)c2-c2ccc3c(=O)n(-c4cccc5ccccc45)c(=O)[nH]c3c2)c1. The van der Waals surface area contributed by atoms with Crippen molar-refractivity contribution in [3.63, 3.8) is 0 Å². The number of fused-ring (bicyclic) bond motifs is 2. The number of aromatic amines is 1. The summed E-state index contributed by atoms with van der Waals surface area (Å²) in [6, 6.07) is 31.3. The number of H-pyrrole nitrogens is 1. The first-order chi connectivity index (χ1) is 19.0. The number of rotatable bonds is 4. The smallest absolute Gasteiger partial charge is 0.333 e. The molecule has 6 rings (SSSR count). The van der Waals surface area contributed by atoms with Gasteiger partial charge in [-0.25, -0.2) is 9.36 Å². The van der Waals surface area contributed by atoms with Crippen molar-refractivity contribution < 1.29 is 4.79 Å². The number of halogens is 1. The van der Waals surface area contributed by atoms with Crippen LogP contribution in [0.1, 0.15) is 10.4 Å². The summed E-state index contributed by atoms with van der Waals surface area (Å²) in [6.45, 7) is 0. The number of hydrogen-bond acceptors (Lipinski definition) is 3. The zero-order valence-electron chi connectivity index (χ0n) is 20.9. The molecule has 0 spiro atoms. The summed E-state index contributed by atoms with van der Waals surface area (Å²) in [5, 5.41) is 5.27. The van der Waals surface area contributed by atoms with Gasteiger partial charge in [-0.1, -0.05) is 78.3 Å². The van der Waals surface area contributed by atoms with Crippen molar-refractivity contribution in [3.8, 4) is 27.9 Å². The first kappa shape index (κ1) is 24.4. The standard InChI is InChI=1S/C32H22ClN3O3/c1-34-30(37)22-10-4-9-20(17-22)24-12-6-13-26(33)29(24)21-15-16-25-27(18-21)35-32(39)36(31(25)38)28-14-5-8-19-7-2-3-11-23(19)28/h2-18H,1H3,(H,34,37)(H,35,39). The molecule has 2 N–H and O–H groups in total. The summed E-state index contributed by atoms with van der Waals surface area (Å²) >= 11 is 6.70. The van der Waals surface area contributed by atoms with Gasteiger partial charge >= 0.3 is 5.69 Å². The van der Waals surface area contributed by atoms with E-state index in [0.29, 0.717) is 27.2 Å². The molecule has 6 nitrogen and oxygen atoms in total. The number of amides is 1. The van der Waals surface area contributed by atoms with Crippen LogP contribution in [-0.2, 0) is 0 Å². The Hall–Kier alpha value is -4.94. The van der Waals surface area contributed by atoms with Crippen LogP contribution in [0.3, 0.4) is 0 Å². The molecule has 7 heteroatoms. The molecule has 0 aliphatic rings. The van der Waals surface area contributed by atoms with Crippen LogP contribution in [0.5, 0.6) is 0 Å². The second-order valence-electron chi connectivity index (χ2n) is 9.15. The lowest BCUT2D eigenvalue weighted by molar-refractivity contribution is 0.0963. The molecule has 6 aromatic rings. The average molecular weight is 532 g/mol. The van der Waals surface area contributed by atoms with Crippen LogP contribution >= 0.6 is 11.6 Å². The van der Waals surface area contributed by atoms with Crippen molar-refractivity contribution >= 4 is 39.2 Å². The van der Waals surface area contributed by atoms with Crippen molar-refractivity contribution in [2.75, 3.05) is 7.05 Å². The van der Waals surface area contributed by atoms with Crippen LogP contribution in [0.15, 0.2) is 113 Å². The Bertz CT molecular complexity index is 2040. The van der Waals surface area contributed by atoms with Gasteiger partial charge in [0.05, 0.1) is 16.6 Å². The molecule has 39 heavy (non-hydrogen) atoms. The number of benzene rings is 5. The fraction of sp³-hybridized carbons (Fsp3) is 0.0312. The molecule has 5 aromatic carbocycles. The van der Waals surface area contributed by atoms with Crippen LogP contribution in [0, 0.1) is 0 Å². The van der Waals surface area contributed by atoms with Gasteiger partial charge in [-0.05, 0) is 58.5 Å². The Morgan fingerprint density at radius 3 is 2.41 bits per heavy atom. The van der Waals surface area contributed by atoms with Gasteiger partial charge in [0.25, 0.3) is 11.5 Å². The van der Waals surface area contributed by atoms with Crippen molar-refractivity contribution in [1.82, 2.24) is 14.9 Å². The van der Waals surface area contributed by atoms with Gasteiger partial charge < -0.3 is 10.3 Å². The summed E-state index contributed by atoms with van der Waals surface area (Å²) in [7, 11) is 1.59. The Labute approximate surface area is 228 Å². The molecule has 0 saturated heterocycles. The summed E-state index contributed by atoms with van der Waals surface area (Å²) in [4.78, 5) is 42.0. The van der Waals surface area contributed by atoms with Crippen molar-refractivity contribution in [1.29, 1.82) is 0 Å². The topological polar surface area (TPSA) is 84.0 Å². The first-order valence-electron chi connectivity index (χ1n) is 12.3. The molecule has 1 amide bonds. The lowest BCUT2D eigenvalue weighted by atomic mass is 9.93. The van der Waals surface area contributed by atoms with Gasteiger partial charge in [0, 0.05) is 28.6 Å². The average Bonchev–Trinajstić information content (AvgIpc) is 2.96. The predicted octanol–water partition coefficient (Wildman–Crippen LogP) is 6.18. The highest BCUT2D eigenvalue weighted by atomic mass is 35.5. The van der Waals surface area contributed by atoms with Gasteiger partial charge in [0.15, 0.2) is 0 Å². The second kappa shape index (κ2) is 9.74. The second-order valence-corrected chi connectivity index (χ2v) is 9.56. The molecule has 0 atom stereocenters. The van der Waals surface area contributed by atoms with Crippen LogP contribution < -0.4 is 16.6 Å². The number of carbonyl (C=O) groups excluding carboxylic acids is 1. The molecule has 0 bridgehead atoms. The highest BCUT2D eigenvalue weighted by Crippen LogP contribution is 2.38. The van der Waals surface area contributed by atoms with Crippen LogP contribution in [0.2, 0.25) is 5.02 Å². The van der Waals surface area contributed by atoms with E-state index in [1.165, 1.54) is 4.57 Å². The maximum atomic E-state index is 13.6. The molecule has 0 aliphatic carbocycles. The van der Waals surface area contributed by atoms with E-state index < -0.39 is 11.2 Å². The molecule has 1 heterocycles. The minimum absolute atomic E-state index is 0.189. The Balaban J connectivity index is 1.53. The number of hydrogen-bond donors (Lipinski definition) is 2. The lowest BCUT2D eigenvalue weighted by Gasteiger charge is -2.14. The van der Waals surface area contributed by atoms with Crippen molar-refractivity contribution in [2.24, 2.45) is 0 Å². The number of carbonyl (C=O) groups is 1. The van der Waals surface area contributed by atoms with Gasteiger partial charge in [-0.2, -0.15) is 0 Å². The molecule has 0 unspecified atom stereocenters. The predicted molar refractivity (Wildman–Crippen MR) is 157 cm³/mol. The van der Waals surface area contributed by atoms with E-state index in [4.69, 9.17) is 11.6 Å². The van der Waals surface area contributed by atoms with E-state index in [1.54, 1.807) is 43.4 Å². The molecule has 0 aliphatic heterocycles. The third-order valence-electron chi connectivity index (χ3n) is 6.87. The number of nitrogens with zero attached hydrogens (tertiary/aromatic N) is 1. The summed E-state index contributed by atoms with van der Waals surface area (Å²) < 4.78 is 1.18. The molecule has 0 saturated carbocycles.